The van der Waals surface area contributed by atoms with Crippen molar-refractivity contribution in [2.75, 3.05) is 6.61 Å². The van der Waals surface area contributed by atoms with Gasteiger partial charge in [0.2, 0.25) is 0 Å². The molecule has 28 heavy (non-hydrogen) atoms. The lowest BCUT2D eigenvalue weighted by Crippen LogP contribution is -1.93. The van der Waals surface area contributed by atoms with Crippen LogP contribution in [0.3, 0.4) is 0 Å². The van der Waals surface area contributed by atoms with Crippen LogP contribution in [0.15, 0.2) is 67.3 Å². The van der Waals surface area contributed by atoms with Gasteiger partial charge in [0.25, 0.3) is 0 Å². The number of halogens is 3. The van der Waals surface area contributed by atoms with Gasteiger partial charge in [-0.1, -0.05) is 30.3 Å². The van der Waals surface area contributed by atoms with E-state index in [2.05, 4.69) is 6.58 Å². The molecule has 3 rings (SSSR count). The van der Waals surface area contributed by atoms with E-state index in [0.717, 1.165) is 0 Å². The van der Waals surface area contributed by atoms with Crippen LogP contribution in [0.4, 0.5) is 13.2 Å². The molecular formula is C24H21F3O. The van der Waals surface area contributed by atoms with Crippen molar-refractivity contribution in [1.82, 2.24) is 0 Å². The molecule has 1 nitrogen and oxygen atoms in total. The second-order valence-corrected chi connectivity index (χ2v) is 6.39. The standard InChI is InChI=1S/C24H21F3O/c1-3-5-6-16-7-8-18-15-19(11-14-21(18)22(16)25)24(27)23(26)17-9-12-20(13-10-17)28-4-2/h3,7-15H,1,4-6H2,2H3. The van der Waals surface area contributed by atoms with E-state index in [1.807, 2.05) is 6.92 Å². The molecule has 0 atom stereocenters. The molecule has 0 radical (unpaired) electrons. The third kappa shape index (κ3) is 4.11. The van der Waals surface area contributed by atoms with E-state index in [1.54, 1.807) is 30.3 Å². The Kier molecular flexibility index (Phi) is 6.19. The largest absolute Gasteiger partial charge is 0.494 e. The predicted octanol–water partition coefficient (Wildman–Crippen LogP) is 7.26. The lowest BCUT2D eigenvalue weighted by atomic mass is 10.00. The Morgan fingerprint density at radius 1 is 0.964 bits per heavy atom. The second-order valence-electron chi connectivity index (χ2n) is 6.39. The molecule has 0 fully saturated rings. The number of aryl methyl sites for hydroxylation is 1. The minimum atomic E-state index is -0.984. The lowest BCUT2D eigenvalue weighted by Gasteiger charge is -2.08. The first-order chi connectivity index (χ1) is 13.5. The molecule has 0 spiro atoms. The smallest absolute Gasteiger partial charge is 0.166 e. The van der Waals surface area contributed by atoms with Gasteiger partial charge in [0.1, 0.15) is 11.6 Å². The molecule has 144 valence electrons. The average Bonchev–Trinajstić information content (AvgIpc) is 2.73. The van der Waals surface area contributed by atoms with Crippen LogP contribution in [0, 0.1) is 5.82 Å². The first kappa shape index (κ1) is 19.7. The van der Waals surface area contributed by atoms with Crippen molar-refractivity contribution in [3.05, 3.63) is 89.8 Å². The number of fused-ring (bicyclic) bond motifs is 1. The molecule has 3 aromatic rings. The van der Waals surface area contributed by atoms with Gasteiger partial charge in [-0.05, 0) is 61.0 Å². The van der Waals surface area contributed by atoms with Gasteiger partial charge in [0.05, 0.1) is 6.61 Å². The first-order valence-electron chi connectivity index (χ1n) is 9.16. The molecule has 0 amide bonds. The van der Waals surface area contributed by atoms with Gasteiger partial charge in [-0.3, -0.25) is 0 Å². The van der Waals surface area contributed by atoms with Crippen LogP contribution < -0.4 is 4.74 Å². The number of ether oxygens (including phenoxy) is 1. The van der Waals surface area contributed by atoms with E-state index in [0.29, 0.717) is 41.5 Å². The molecule has 4 heteroatoms. The lowest BCUT2D eigenvalue weighted by molar-refractivity contribution is 0.340. The first-order valence-corrected chi connectivity index (χ1v) is 9.16. The van der Waals surface area contributed by atoms with Gasteiger partial charge in [0.15, 0.2) is 11.7 Å². The summed E-state index contributed by atoms with van der Waals surface area (Å²) >= 11 is 0. The molecule has 0 saturated carbocycles. The van der Waals surface area contributed by atoms with Crippen molar-refractivity contribution in [1.29, 1.82) is 0 Å². The zero-order chi connectivity index (χ0) is 20.1. The molecule has 0 bridgehead atoms. The quantitative estimate of drug-likeness (QED) is 0.309. The summed E-state index contributed by atoms with van der Waals surface area (Å²) in [6.45, 7) is 5.98. The van der Waals surface area contributed by atoms with Gasteiger partial charge in [-0.25, -0.2) is 13.2 Å². The Hall–Kier alpha value is -3.01. The Morgan fingerprint density at radius 3 is 2.32 bits per heavy atom. The van der Waals surface area contributed by atoms with Crippen LogP contribution in [-0.4, -0.2) is 6.61 Å². The Bertz CT molecular complexity index is 1020. The molecule has 0 unspecified atom stereocenters. The molecule has 3 aromatic carbocycles. The van der Waals surface area contributed by atoms with Crippen molar-refractivity contribution >= 4 is 22.4 Å². The topological polar surface area (TPSA) is 9.23 Å². The summed E-state index contributed by atoms with van der Waals surface area (Å²) in [4.78, 5) is 0. The van der Waals surface area contributed by atoms with Gasteiger partial charge in [0, 0.05) is 16.5 Å². The highest BCUT2D eigenvalue weighted by atomic mass is 19.2. The molecule has 0 heterocycles. The highest BCUT2D eigenvalue weighted by Crippen LogP contribution is 2.32. The number of allylic oxidation sites excluding steroid dienone is 1. The maximum absolute atomic E-state index is 14.7. The van der Waals surface area contributed by atoms with E-state index >= 15 is 0 Å². The Morgan fingerprint density at radius 2 is 1.64 bits per heavy atom. The summed E-state index contributed by atoms with van der Waals surface area (Å²) in [5, 5.41) is 0.909. The summed E-state index contributed by atoms with van der Waals surface area (Å²) in [5.41, 5.74) is 0.765. The van der Waals surface area contributed by atoms with Crippen LogP contribution >= 0.6 is 0 Å². The monoisotopic (exact) mass is 382 g/mol. The fourth-order valence-electron chi connectivity index (χ4n) is 3.04. The molecule has 0 aliphatic heterocycles. The van der Waals surface area contributed by atoms with Gasteiger partial charge >= 0.3 is 0 Å². The maximum atomic E-state index is 14.7. The summed E-state index contributed by atoms with van der Waals surface area (Å²) in [6.07, 6.45) is 2.95. The second kappa shape index (κ2) is 8.79. The normalized spacial score (nSPS) is 12.0. The predicted molar refractivity (Wildman–Crippen MR) is 109 cm³/mol. The van der Waals surface area contributed by atoms with E-state index in [9.17, 15) is 13.2 Å². The fourth-order valence-corrected chi connectivity index (χ4v) is 3.04. The third-order valence-electron chi connectivity index (χ3n) is 4.52. The minimum absolute atomic E-state index is 0.0668. The Labute approximate surface area is 162 Å². The summed E-state index contributed by atoms with van der Waals surface area (Å²) in [7, 11) is 0. The maximum Gasteiger partial charge on any atom is 0.166 e. The van der Waals surface area contributed by atoms with Crippen LogP contribution in [0.5, 0.6) is 5.75 Å². The fraction of sp³-hybridized carbons (Fsp3) is 0.167. The molecule has 0 N–H and O–H groups in total. The molecule has 0 saturated heterocycles. The van der Waals surface area contributed by atoms with Gasteiger partial charge < -0.3 is 4.74 Å². The molecule has 0 aliphatic rings. The van der Waals surface area contributed by atoms with Crippen LogP contribution in [-0.2, 0) is 6.42 Å². The van der Waals surface area contributed by atoms with Crippen molar-refractivity contribution in [2.24, 2.45) is 0 Å². The van der Waals surface area contributed by atoms with E-state index in [-0.39, 0.29) is 16.9 Å². The van der Waals surface area contributed by atoms with E-state index in [4.69, 9.17) is 4.74 Å². The molecule has 0 aromatic heterocycles. The van der Waals surface area contributed by atoms with Gasteiger partial charge in [-0.15, -0.1) is 6.58 Å². The third-order valence-corrected chi connectivity index (χ3v) is 4.52. The van der Waals surface area contributed by atoms with E-state index in [1.165, 1.54) is 30.3 Å². The zero-order valence-electron chi connectivity index (χ0n) is 15.6. The van der Waals surface area contributed by atoms with Gasteiger partial charge in [-0.2, -0.15) is 0 Å². The molecule has 0 aliphatic carbocycles. The number of rotatable bonds is 7. The van der Waals surface area contributed by atoms with Crippen molar-refractivity contribution in [2.45, 2.75) is 19.8 Å². The van der Waals surface area contributed by atoms with Crippen molar-refractivity contribution in [3.63, 3.8) is 0 Å². The summed E-state index contributed by atoms with van der Waals surface area (Å²) in [6, 6.07) is 13.9. The highest BCUT2D eigenvalue weighted by molar-refractivity contribution is 5.90. The zero-order valence-corrected chi connectivity index (χ0v) is 15.6. The summed E-state index contributed by atoms with van der Waals surface area (Å²) in [5.74, 6) is -1.69. The van der Waals surface area contributed by atoms with Crippen molar-refractivity contribution in [3.8, 4) is 5.75 Å². The van der Waals surface area contributed by atoms with Crippen molar-refractivity contribution < 1.29 is 17.9 Å². The number of benzene rings is 3. The Balaban J connectivity index is 1.95. The van der Waals surface area contributed by atoms with Crippen LogP contribution in [0.25, 0.3) is 22.4 Å². The van der Waals surface area contributed by atoms with Crippen LogP contribution in [0.2, 0.25) is 0 Å². The summed E-state index contributed by atoms with van der Waals surface area (Å²) < 4.78 is 49.2. The SMILES string of the molecule is C=CCCc1ccc2cc(C(F)=C(F)c3ccc(OCC)cc3)ccc2c1F. The number of hydrogen-bond donors (Lipinski definition) is 0. The van der Waals surface area contributed by atoms with Crippen LogP contribution in [0.1, 0.15) is 30.0 Å². The minimum Gasteiger partial charge on any atom is -0.494 e. The highest BCUT2D eigenvalue weighted by Gasteiger charge is 2.14. The molecular weight excluding hydrogens is 361 g/mol. The number of hydrogen-bond acceptors (Lipinski definition) is 1. The average molecular weight is 382 g/mol. The van der Waals surface area contributed by atoms with E-state index < -0.39 is 11.7 Å².